The van der Waals surface area contributed by atoms with E-state index in [9.17, 15) is 14.0 Å². The highest BCUT2D eigenvalue weighted by Gasteiger charge is 2.24. The highest BCUT2D eigenvalue weighted by molar-refractivity contribution is 5.99. The number of carbonyl (C=O) groups excluding carboxylic acids is 2. The smallest absolute Gasteiger partial charge is 0.354 e. The maximum atomic E-state index is 14.0. The zero-order valence-corrected chi connectivity index (χ0v) is 12.6. The molecule has 1 aliphatic rings. The highest BCUT2D eigenvalue weighted by Crippen LogP contribution is 2.31. The van der Waals surface area contributed by atoms with Crippen LogP contribution >= 0.6 is 0 Å². The molecule has 23 heavy (non-hydrogen) atoms. The number of rotatable bonds is 6. The quantitative estimate of drug-likeness (QED) is 0.622. The largest absolute Gasteiger partial charge is 0.480 e. The maximum Gasteiger partial charge on any atom is 0.354 e. The Labute approximate surface area is 132 Å². The zero-order valence-electron chi connectivity index (χ0n) is 12.6. The van der Waals surface area contributed by atoms with Crippen molar-refractivity contribution >= 4 is 17.6 Å². The third-order valence-electron chi connectivity index (χ3n) is 3.00. The Bertz CT molecular complexity index is 626. The molecule has 1 saturated heterocycles. The number of benzene rings is 1. The molecule has 0 unspecified atom stereocenters. The number of nitrogens with one attached hydrogen (secondary N) is 1. The lowest BCUT2D eigenvalue weighted by atomic mass is 10.2. The van der Waals surface area contributed by atoms with Crippen LogP contribution in [0.25, 0.3) is 0 Å². The van der Waals surface area contributed by atoms with Gasteiger partial charge in [0.15, 0.2) is 11.6 Å². The van der Waals surface area contributed by atoms with Crippen LogP contribution in [-0.4, -0.2) is 45.5 Å². The van der Waals surface area contributed by atoms with Crippen LogP contribution < -0.4 is 10.1 Å². The minimum Gasteiger partial charge on any atom is -0.480 e. The summed E-state index contributed by atoms with van der Waals surface area (Å²) in [7, 11) is 2.32. The fourth-order valence-electron chi connectivity index (χ4n) is 1.75. The summed E-state index contributed by atoms with van der Waals surface area (Å²) >= 11 is 0. The van der Waals surface area contributed by atoms with Gasteiger partial charge in [0.25, 0.3) is 0 Å². The number of para-hydroxylation sites is 1. The van der Waals surface area contributed by atoms with Gasteiger partial charge in [0, 0.05) is 0 Å². The first-order chi connectivity index (χ1) is 11.0. The molecule has 1 aliphatic heterocycles. The molecule has 1 heterocycles. The molecule has 1 aromatic rings. The van der Waals surface area contributed by atoms with E-state index in [0.29, 0.717) is 13.2 Å². The SMILES string of the molecule is COC(=O)/C=C(/Nc1cccc(F)c1OC1COC1)C(=O)OC. The van der Waals surface area contributed by atoms with Gasteiger partial charge in [-0.3, -0.25) is 0 Å². The molecule has 0 atom stereocenters. The normalized spacial score (nSPS) is 14.7. The van der Waals surface area contributed by atoms with Crippen molar-refractivity contribution in [1.29, 1.82) is 0 Å². The summed E-state index contributed by atoms with van der Waals surface area (Å²) in [5.74, 6) is -2.24. The highest BCUT2D eigenvalue weighted by atomic mass is 19.1. The first-order valence-corrected chi connectivity index (χ1v) is 6.73. The van der Waals surface area contributed by atoms with Gasteiger partial charge in [-0.25, -0.2) is 14.0 Å². The average molecular weight is 325 g/mol. The standard InChI is InChI=1S/C15H16FNO6/c1-20-13(18)6-12(15(19)21-2)17-11-5-3-4-10(16)14(11)23-9-7-22-8-9/h3-6,9,17H,7-8H2,1-2H3/b12-6+. The van der Waals surface area contributed by atoms with E-state index in [0.717, 1.165) is 13.2 Å². The fourth-order valence-corrected chi connectivity index (χ4v) is 1.75. The van der Waals surface area contributed by atoms with Crippen molar-refractivity contribution in [3.8, 4) is 5.75 Å². The minimum absolute atomic E-state index is 0.0690. The number of hydrogen-bond donors (Lipinski definition) is 1. The van der Waals surface area contributed by atoms with Gasteiger partial charge in [-0.1, -0.05) is 6.07 Å². The van der Waals surface area contributed by atoms with Gasteiger partial charge in [0.2, 0.25) is 0 Å². The van der Waals surface area contributed by atoms with Gasteiger partial charge in [-0.2, -0.15) is 0 Å². The van der Waals surface area contributed by atoms with E-state index in [4.69, 9.17) is 9.47 Å². The molecule has 0 spiro atoms. The van der Waals surface area contributed by atoms with E-state index in [1.165, 1.54) is 25.3 Å². The third-order valence-corrected chi connectivity index (χ3v) is 3.00. The lowest BCUT2D eigenvalue weighted by molar-refractivity contribution is -0.138. The van der Waals surface area contributed by atoms with Crippen LogP contribution in [0.15, 0.2) is 30.0 Å². The molecular weight excluding hydrogens is 309 g/mol. The van der Waals surface area contributed by atoms with Crippen molar-refractivity contribution in [1.82, 2.24) is 0 Å². The Hall–Kier alpha value is -2.61. The second-order valence-corrected chi connectivity index (χ2v) is 4.59. The average Bonchev–Trinajstić information content (AvgIpc) is 2.50. The molecule has 8 heteroatoms. The number of esters is 2. The topological polar surface area (TPSA) is 83.1 Å². The predicted molar refractivity (Wildman–Crippen MR) is 77.4 cm³/mol. The molecule has 7 nitrogen and oxygen atoms in total. The summed E-state index contributed by atoms with van der Waals surface area (Å²) in [5, 5.41) is 2.64. The van der Waals surface area contributed by atoms with Crippen molar-refractivity contribution in [3.05, 3.63) is 35.8 Å². The summed E-state index contributed by atoms with van der Waals surface area (Å²) in [6, 6.07) is 4.17. The van der Waals surface area contributed by atoms with E-state index in [2.05, 4.69) is 14.8 Å². The molecule has 1 fully saturated rings. The van der Waals surface area contributed by atoms with Crippen LogP contribution in [0.5, 0.6) is 5.75 Å². The Morgan fingerprint density at radius 3 is 2.61 bits per heavy atom. The van der Waals surface area contributed by atoms with Crippen molar-refractivity contribution in [2.24, 2.45) is 0 Å². The number of ether oxygens (including phenoxy) is 4. The maximum absolute atomic E-state index is 14.0. The first-order valence-electron chi connectivity index (χ1n) is 6.73. The predicted octanol–water partition coefficient (Wildman–Crippen LogP) is 1.25. The lowest BCUT2D eigenvalue weighted by Crippen LogP contribution is -2.39. The Balaban J connectivity index is 2.28. The second-order valence-electron chi connectivity index (χ2n) is 4.59. The van der Waals surface area contributed by atoms with Crippen LogP contribution in [0.4, 0.5) is 10.1 Å². The molecule has 1 aromatic carbocycles. The summed E-state index contributed by atoms with van der Waals surface area (Å²) in [6.07, 6.45) is 0.645. The monoisotopic (exact) mass is 325 g/mol. The van der Waals surface area contributed by atoms with Crippen molar-refractivity contribution in [3.63, 3.8) is 0 Å². The van der Waals surface area contributed by atoms with Gasteiger partial charge in [-0.05, 0) is 12.1 Å². The molecule has 0 radical (unpaired) electrons. The van der Waals surface area contributed by atoms with Gasteiger partial charge >= 0.3 is 11.9 Å². The van der Waals surface area contributed by atoms with E-state index < -0.39 is 17.8 Å². The Kier molecular flexibility index (Phi) is 5.53. The number of halogens is 1. The van der Waals surface area contributed by atoms with E-state index in [1.54, 1.807) is 0 Å². The molecule has 0 amide bonds. The zero-order chi connectivity index (χ0) is 16.8. The van der Waals surface area contributed by atoms with Gasteiger partial charge in [0.1, 0.15) is 11.8 Å². The van der Waals surface area contributed by atoms with E-state index in [-0.39, 0.29) is 23.2 Å². The minimum atomic E-state index is -0.808. The van der Waals surface area contributed by atoms with Crippen LogP contribution in [0.3, 0.4) is 0 Å². The molecular formula is C15H16FNO6. The lowest BCUT2D eigenvalue weighted by Gasteiger charge is -2.28. The van der Waals surface area contributed by atoms with Crippen LogP contribution in [-0.2, 0) is 23.8 Å². The van der Waals surface area contributed by atoms with Gasteiger partial charge < -0.3 is 24.3 Å². The molecule has 2 rings (SSSR count). The second kappa shape index (κ2) is 7.59. The molecule has 1 N–H and O–H groups in total. The van der Waals surface area contributed by atoms with Crippen molar-refractivity contribution in [2.75, 3.05) is 32.8 Å². The van der Waals surface area contributed by atoms with Gasteiger partial charge in [-0.15, -0.1) is 0 Å². The molecule has 0 bridgehead atoms. The summed E-state index contributed by atoms with van der Waals surface area (Å²) < 4.78 is 33.5. The van der Waals surface area contributed by atoms with E-state index in [1.807, 2.05) is 0 Å². The number of anilines is 1. The number of carbonyl (C=O) groups is 2. The van der Waals surface area contributed by atoms with Crippen LogP contribution in [0.2, 0.25) is 0 Å². The Morgan fingerprint density at radius 2 is 2.04 bits per heavy atom. The summed E-state index contributed by atoms with van der Waals surface area (Å²) in [4.78, 5) is 23.1. The molecule has 0 saturated carbocycles. The Morgan fingerprint density at radius 1 is 1.30 bits per heavy atom. The van der Waals surface area contributed by atoms with Crippen molar-refractivity contribution in [2.45, 2.75) is 6.10 Å². The summed E-state index contributed by atoms with van der Waals surface area (Å²) in [5.41, 5.74) is -0.0305. The first kappa shape index (κ1) is 16.8. The third kappa shape index (κ3) is 4.19. The van der Waals surface area contributed by atoms with Crippen LogP contribution in [0, 0.1) is 5.82 Å². The number of methoxy groups -OCH3 is 2. The molecule has 124 valence electrons. The summed E-state index contributed by atoms with van der Waals surface area (Å²) in [6.45, 7) is 0.714. The molecule has 0 aromatic heterocycles. The van der Waals surface area contributed by atoms with Gasteiger partial charge in [0.05, 0.1) is 39.2 Å². The molecule has 0 aliphatic carbocycles. The fraction of sp³-hybridized carbons (Fsp3) is 0.333. The van der Waals surface area contributed by atoms with Crippen molar-refractivity contribution < 1.29 is 32.9 Å². The van der Waals surface area contributed by atoms with E-state index >= 15 is 0 Å². The number of hydrogen-bond acceptors (Lipinski definition) is 7. The van der Waals surface area contributed by atoms with Crippen LogP contribution in [0.1, 0.15) is 0 Å².